The Labute approximate surface area is 112 Å². The van der Waals surface area contributed by atoms with E-state index >= 15 is 0 Å². The average Bonchev–Trinajstić information content (AvgIpc) is 2.39. The van der Waals surface area contributed by atoms with Crippen LogP contribution in [0.4, 0.5) is 0 Å². The third-order valence-electron chi connectivity index (χ3n) is 3.90. The van der Waals surface area contributed by atoms with Crippen molar-refractivity contribution in [3.05, 3.63) is 12.7 Å². The first-order chi connectivity index (χ1) is 8.75. The third kappa shape index (κ3) is 4.56. The molecule has 0 atom stereocenters. The molecule has 0 unspecified atom stereocenters. The summed E-state index contributed by atoms with van der Waals surface area (Å²) >= 11 is 0. The van der Waals surface area contributed by atoms with Gasteiger partial charge in [-0.05, 0) is 39.0 Å². The second kappa shape index (κ2) is 8.47. The summed E-state index contributed by atoms with van der Waals surface area (Å²) in [5.74, 6) is 0.350. The molecule has 1 saturated carbocycles. The SMILES string of the molecule is C=CCCCCCC(=O)C1(OCC)CCCCC1. The fraction of sp³-hybridized carbons (Fsp3) is 0.812. The number of hydrogen-bond acceptors (Lipinski definition) is 2. The molecule has 0 aliphatic heterocycles. The van der Waals surface area contributed by atoms with Crippen LogP contribution < -0.4 is 0 Å². The zero-order valence-electron chi connectivity index (χ0n) is 11.9. The summed E-state index contributed by atoms with van der Waals surface area (Å²) in [6.45, 7) is 6.36. The van der Waals surface area contributed by atoms with E-state index in [0.29, 0.717) is 18.8 Å². The minimum atomic E-state index is -0.425. The highest BCUT2D eigenvalue weighted by Crippen LogP contribution is 2.33. The van der Waals surface area contributed by atoms with Crippen molar-refractivity contribution < 1.29 is 9.53 Å². The Morgan fingerprint density at radius 1 is 1.22 bits per heavy atom. The molecule has 0 amide bonds. The van der Waals surface area contributed by atoms with Crippen molar-refractivity contribution in [1.82, 2.24) is 0 Å². The molecule has 0 N–H and O–H groups in total. The van der Waals surface area contributed by atoms with E-state index in [1.54, 1.807) is 0 Å². The number of ether oxygens (including phenoxy) is 1. The van der Waals surface area contributed by atoms with Crippen LogP contribution in [0.2, 0.25) is 0 Å². The van der Waals surface area contributed by atoms with Crippen molar-refractivity contribution in [2.24, 2.45) is 0 Å². The van der Waals surface area contributed by atoms with Crippen molar-refractivity contribution >= 4 is 5.78 Å². The number of unbranched alkanes of at least 4 members (excludes halogenated alkanes) is 3. The molecule has 0 heterocycles. The molecule has 0 aromatic rings. The fourth-order valence-electron chi connectivity index (χ4n) is 2.88. The average molecular weight is 252 g/mol. The number of allylic oxidation sites excluding steroid dienone is 1. The molecule has 0 bridgehead atoms. The smallest absolute Gasteiger partial charge is 0.164 e. The van der Waals surface area contributed by atoms with Gasteiger partial charge in [0, 0.05) is 13.0 Å². The third-order valence-corrected chi connectivity index (χ3v) is 3.90. The van der Waals surface area contributed by atoms with E-state index in [4.69, 9.17) is 4.74 Å². The number of ketones is 1. The number of carbonyl (C=O) groups excluding carboxylic acids is 1. The summed E-state index contributed by atoms with van der Waals surface area (Å²) in [6, 6.07) is 0. The van der Waals surface area contributed by atoms with E-state index in [9.17, 15) is 4.79 Å². The quantitative estimate of drug-likeness (QED) is 0.448. The molecule has 18 heavy (non-hydrogen) atoms. The van der Waals surface area contributed by atoms with Crippen LogP contribution in [0.15, 0.2) is 12.7 Å². The van der Waals surface area contributed by atoms with Gasteiger partial charge in [-0.25, -0.2) is 0 Å². The van der Waals surface area contributed by atoms with Gasteiger partial charge in [-0.2, -0.15) is 0 Å². The molecule has 2 nitrogen and oxygen atoms in total. The van der Waals surface area contributed by atoms with Gasteiger partial charge in [0.1, 0.15) is 5.60 Å². The van der Waals surface area contributed by atoms with Gasteiger partial charge in [0.25, 0.3) is 0 Å². The molecule has 0 saturated heterocycles. The van der Waals surface area contributed by atoms with Crippen molar-refractivity contribution in [1.29, 1.82) is 0 Å². The van der Waals surface area contributed by atoms with Crippen LogP contribution in [0.1, 0.15) is 71.1 Å². The van der Waals surface area contributed by atoms with Gasteiger partial charge in [0.15, 0.2) is 5.78 Å². The summed E-state index contributed by atoms with van der Waals surface area (Å²) < 4.78 is 5.84. The van der Waals surface area contributed by atoms with E-state index in [1.807, 2.05) is 13.0 Å². The predicted molar refractivity (Wildman–Crippen MR) is 75.7 cm³/mol. The van der Waals surface area contributed by atoms with Gasteiger partial charge in [-0.15, -0.1) is 6.58 Å². The molecule has 0 aromatic carbocycles. The van der Waals surface area contributed by atoms with Crippen molar-refractivity contribution in [2.45, 2.75) is 76.7 Å². The monoisotopic (exact) mass is 252 g/mol. The molecule has 2 heteroatoms. The van der Waals surface area contributed by atoms with Crippen LogP contribution in [0.25, 0.3) is 0 Å². The molecule has 0 aromatic heterocycles. The van der Waals surface area contributed by atoms with Gasteiger partial charge >= 0.3 is 0 Å². The zero-order chi connectivity index (χ0) is 13.3. The van der Waals surface area contributed by atoms with Crippen molar-refractivity contribution in [3.8, 4) is 0 Å². The van der Waals surface area contributed by atoms with Crippen LogP contribution in [-0.2, 0) is 9.53 Å². The van der Waals surface area contributed by atoms with Gasteiger partial charge in [0.05, 0.1) is 0 Å². The molecular weight excluding hydrogens is 224 g/mol. The lowest BCUT2D eigenvalue weighted by Gasteiger charge is -2.35. The van der Waals surface area contributed by atoms with Crippen LogP contribution in [0.5, 0.6) is 0 Å². The second-order valence-electron chi connectivity index (χ2n) is 5.30. The van der Waals surface area contributed by atoms with E-state index in [2.05, 4.69) is 6.58 Å². The van der Waals surface area contributed by atoms with Crippen LogP contribution in [0, 0.1) is 0 Å². The lowest BCUT2D eigenvalue weighted by molar-refractivity contribution is -0.149. The highest BCUT2D eigenvalue weighted by molar-refractivity contribution is 5.87. The molecular formula is C16H28O2. The largest absolute Gasteiger partial charge is 0.368 e. The lowest BCUT2D eigenvalue weighted by Crippen LogP contribution is -2.43. The minimum absolute atomic E-state index is 0.350. The Balaban J connectivity index is 2.37. The van der Waals surface area contributed by atoms with Crippen molar-refractivity contribution in [3.63, 3.8) is 0 Å². The molecule has 0 spiro atoms. The Kier molecular flexibility index (Phi) is 7.26. The van der Waals surface area contributed by atoms with E-state index in [-0.39, 0.29) is 0 Å². The molecule has 0 radical (unpaired) electrons. The molecule has 1 rings (SSSR count). The standard InChI is InChI=1S/C16H28O2/c1-3-5-6-7-9-12-15(17)16(18-4-2)13-10-8-11-14-16/h3H,1,4-14H2,2H3. The molecule has 1 aliphatic rings. The van der Waals surface area contributed by atoms with E-state index < -0.39 is 5.60 Å². The zero-order valence-corrected chi connectivity index (χ0v) is 11.9. The van der Waals surface area contributed by atoms with Gasteiger partial charge < -0.3 is 4.74 Å². The first-order valence-corrected chi connectivity index (χ1v) is 7.53. The molecule has 1 aliphatic carbocycles. The number of rotatable bonds is 9. The Bertz CT molecular complexity index is 246. The maximum Gasteiger partial charge on any atom is 0.164 e. The van der Waals surface area contributed by atoms with Crippen LogP contribution >= 0.6 is 0 Å². The summed E-state index contributed by atoms with van der Waals surface area (Å²) in [4.78, 5) is 12.4. The topological polar surface area (TPSA) is 26.3 Å². The van der Waals surface area contributed by atoms with E-state index in [0.717, 1.165) is 51.4 Å². The molecule has 104 valence electrons. The Hall–Kier alpha value is -0.630. The molecule has 1 fully saturated rings. The van der Waals surface area contributed by atoms with E-state index in [1.165, 1.54) is 6.42 Å². The highest BCUT2D eigenvalue weighted by Gasteiger charge is 2.39. The highest BCUT2D eigenvalue weighted by atomic mass is 16.5. The summed E-state index contributed by atoms with van der Waals surface area (Å²) in [6.07, 6.45) is 12.4. The first-order valence-electron chi connectivity index (χ1n) is 7.53. The Morgan fingerprint density at radius 2 is 1.94 bits per heavy atom. The predicted octanol–water partition coefficient (Wildman–Crippen LogP) is 4.43. The summed E-state index contributed by atoms with van der Waals surface area (Å²) in [5.41, 5.74) is -0.425. The maximum atomic E-state index is 12.4. The first kappa shape index (κ1) is 15.4. The van der Waals surface area contributed by atoms with Gasteiger partial charge in [-0.3, -0.25) is 4.79 Å². The number of carbonyl (C=O) groups is 1. The minimum Gasteiger partial charge on any atom is -0.368 e. The van der Waals surface area contributed by atoms with Crippen molar-refractivity contribution in [2.75, 3.05) is 6.61 Å². The number of hydrogen-bond donors (Lipinski definition) is 0. The summed E-state index contributed by atoms with van der Waals surface area (Å²) in [5, 5.41) is 0. The van der Waals surface area contributed by atoms with Gasteiger partial charge in [-0.1, -0.05) is 31.8 Å². The second-order valence-corrected chi connectivity index (χ2v) is 5.30. The normalized spacial score (nSPS) is 18.5. The summed E-state index contributed by atoms with van der Waals surface area (Å²) in [7, 11) is 0. The maximum absolute atomic E-state index is 12.4. The Morgan fingerprint density at radius 3 is 2.56 bits per heavy atom. The fourth-order valence-corrected chi connectivity index (χ4v) is 2.88. The van der Waals surface area contributed by atoms with Crippen LogP contribution in [0.3, 0.4) is 0 Å². The lowest BCUT2D eigenvalue weighted by atomic mass is 9.80. The number of Topliss-reactive ketones (excluding diaryl/α,β-unsaturated/α-hetero) is 1. The van der Waals surface area contributed by atoms with Crippen LogP contribution in [-0.4, -0.2) is 18.0 Å². The van der Waals surface area contributed by atoms with Gasteiger partial charge in [0.2, 0.25) is 0 Å².